The van der Waals surface area contributed by atoms with Gasteiger partial charge in [-0.1, -0.05) is 11.2 Å². The summed E-state index contributed by atoms with van der Waals surface area (Å²) in [6.07, 6.45) is 0. The largest absolute Gasteiger partial charge is 0.399 e. The Morgan fingerprint density at radius 1 is 0.950 bits per heavy atom. The minimum absolute atomic E-state index is 0.132. The Morgan fingerprint density at radius 3 is 2.25 bits per heavy atom. The molecule has 0 atom stereocenters. The standard InChI is InChI=1S/C14H9F2N3O/c15-10-2-1-3-11(16)12(10)13-18-14(20-19-13)8-4-6-9(17)7-5-8/h1-7H,17H2. The van der Waals surface area contributed by atoms with E-state index in [0.29, 0.717) is 11.3 Å². The molecule has 0 saturated carbocycles. The van der Waals surface area contributed by atoms with E-state index in [4.69, 9.17) is 10.3 Å². The van der Waals surface area contributed by atoms with Crippen LogP contribution < -0.4 is 5.73 Å². The second kappa shape index (κ2) is 4.73. The number of nitrogens with two attached hydrogens (primary N) is 1. The summed E-state index contributed by atoms with van der Waals surface area (Å²) in [6.45, 7) is 0. The summed E-state index contributed by atoms with van der Waals surface area (Å²) in [6, 6.07) is 10.3. The van der Waals surface area contributed by atoms with Gasteiger partial charge < -0.3 is 10.3 Å². The first-order valence-corrected chi connectivity index (χ1v) is 5.79. The highest BCUT2D eigenvalue weighted by molar-refractivity contribution is 5.62. The third kappa shape index (κ3) is 2.11. The SMILES string of the molecule is Nc1ccc(-c2nc(-c3c(F)cccc3F)no2)cc1. The lowest BCUT2D eigenvalue weighted by Gasteiger charge is -1.98. The Balaban J connectivity index is 2.04. The van der Waals surface area contributed by atoms with Crippen LogP contribution in [0.25, 0.3) is 22.8 Å². The highest BCUT2D eigenvalue weighted by Gasteiger charge is 2.17. The van der Waals surface area contributed by atoms with Crippen molar-refractivity contribution in [2.75, 3.05) is 5.73 Å². The van der Waals surface area contributed by atoms with Crippen molar-refractivity contribution in [2.24, 2.45) is 0 Å². The number of rotatable bonds is 2. The van der Waals surface area contributed by atoms with Crippen LogP contribution in [-0.2, 0) is 0 Å². The number of hydrogen-bond donors (Lipinski definition) is 1. The lowest BCUT2D eigenvalue weighted by Crippen LogP contribution is -1.91. The number of benzene rings is 2. The molecule has 3 aromatic rings. The van der Waals surface area contributed by atoms with Gasteiger partial charge in [-0.25, -0.2) is 8.78 Å². The molecular formula is C14H9F2N3O. The summed E-state index contributed by atoms with van der Waals surface area (Å²) in [5.41, 5.74) is 6.48. The van der Waals surface area contributed by atoms with E-state index in [9.17, 15) is 8.78 Å². The Hall–Kier alpha value is -2.76. The van der Waals surface area contributed by atoms with E-state index in [-0.39, 0.29) is 17.3 Å². The Kier molecular flexibility index (Phi) is 2.90. The first kappa shape index (κ1) is 12.3. The topological polar surface area (TPSA) is 64.9 Å². The Labute approximate surface area is 112 Å². The van der Waals surface area contributed by atoms with Crippen LogP contribution in [0.5, 0.6) is 0 Å². The lowest BCUT2D eigenvalue weighted by molar-refractivity contribution is 0.431. The predicted molar refractivity (Wildman–Crippen MR) is 69.5 cm³/mol. The van der Waals surface area contributed by atoms with Gasteiger partial charge in [0, 0.05) is 11.3 Å². The molecule has 1 aromatic heterocycles. The first-order valence-electron chi connectivity index (χ1n) is 5.79. The summed E-state index contributed by atoms with van der Waals surface area (Å²) in [5, 5.41) is 3.61. The fraction of sp³-hybridized carbons (Fsp3) is 0. The van der Waals surface area contributed by atoms with Gasteiger partial charge in [0.1, 0.15) is 11.6 Å². The van der Waals surface area contributed by atoms with E-state index in [1.165, 1.54) is 6.07 Å². The van der Waals surface area contributed by atoms with Gasteiger partial charge in [0.25, 0.3) is 5.89 Å². The molecule has 0 unspecified atom stereocenters. The van der Waals surface area contributed by atoms with Crippen molar-refractivity contribution in [3.05, 3.63) is 54.1 Å². The maximum absolute atomic E-state index is 13.6. The van der Waals surface area contributed by atoms with Crippen molar-refractivity contribution in [1.29, 1.82) is 0 Å². The molecule has 4 nitrogen and oxygen atoms in total. The van der Waals surface area contributed by atoms with Crippen LogP contribution >= 0.6 is 0 Å². The van der Waals surface area contributed by atoms with Crippen LogP contribution in [0, 0.1) is 11.6 Å². The maximum Gasteiger partial charge on any atom is 0.258 e. The average Bonchev–Trinajstić information content (AvgIpc) is 2.89. The third-order valence-corrected chi connectivity index (χ3v) is 2.77. The lowest BCUT2D eigenvalue weighted by atomic mass is 10.2. The fourth-order valence-corrected chi connectivity index (χ4v) is 1.78. The molecule has 0 aliphatic carbocycles. The van der Waals surface area contributed by atoms with Gasteiger partial charge in [0.05, 0.1) is 5.56 Å². The first-order chi connectivity index (χ1) is 9.65. The highest BCUT2D eigenvalue weighted by Crippen LogP contribution is 2.26. The Bertz CT molecular complexity index is 733. The zero-order valence-electron chi connectivity index (χ0n) is 10.2. The monoisotopic (exact) mass is 273 g/mol. The van der Waals surface area contributed by atoms with Crippen LogP contribution in [0.15, 0.2) is 47.0 Å². The minimum Gasteiger partial charge on any atom is -0.399 e. The van der Waals surface area contributed by atoms with Gasteiger partial charge in [0.15, 0.2) is 0 Å². The second-order valence-corrected chi connectivity index (χ2v) is 4.14. The smallest absolute Gasteiger partial charge is 0.258 e. The summed E-state index contributed by atoms with van der Waals surface area (Å²) in [7, 11) is 0. The van der Waals surface area contributed by atoms with Crippen molar-refractivity contribution in [3.63, 3.8) is 0 Å². The van der Waals surface area contributed by atoms with Crippen molar-refractivity contribution in [1.82, 2.24) is 10.1 Å². The molecule has 3 rings (SSSR count). The van der Waals surface area contributed by atoms with Crippen LogP contribution in [-0.4, -0.2) is 10.1 Å². The molecule has 100 valence electrons. The van der Waals surface area contributed by atoms with Crippen molar-refractivity contribution >= 4 is 5.69 Å². The van der Waals surface area contributed by atoms with Gasteiger partial charge in [-0.05, 0) is 36.4 Å². The quantitative estimate of drug-likeness (QED) is 0.728. The van der Waals surface area contributed by atoms with E-state index < -0.39 is 11.6 Å². The van der Waals surface area contributed by atoms with Crippen LogP contribution in [0.2, 0.25) is 0 Å². The van der Waals surface area contributed by atoms with Gasteiger partial charge in [0.2, 0.25) is 5.82 Å². The molecule has 0 fully saturated rings. The molecule has 1 heterocycles. The van der Waals surface area contributed by atoms with E-state index in [1.54, 1.807) is 24.3 Å². The molecule has 2 N–H and O–H groups in total. The second-order valence-electron chi connectivity index (χ2n) is 4.14. The predicted octanol–water partition coefficient (Wildman–Crippen LogP) is 3.26. The number of anilines is 1. The molecule has 0 aliphatic rings. The maximum atomic E-state index is 13.6. The van der Waals surface area contributed by atoms with Crippen molar-refractivity contribution in [3.8, 4) is 22.8 Å². The molecule has 0 amide bonds. The zero-order valence-corrected chi connectivity index (χ0v) is 10.2. The summed E-state index contributed by atoms with van der Waals surface area (Å²) in [4.78, 5) is 4.00. The third-order valence-electron chi connectivity index (χ3n) is 2.77. The molecular weight excluding hydrogens is 264 g/mol. The van der Waals surface area contributed by atoms with E-state index in [2.05, 4.69) is 10.1 Å². The van der Waals surface area contributed by atoms with Gasteiger partial charge >= 0.3 is 0 Å². The van der Waals surface area contributed by atoms with Gasteiger partial charge in [-0.15, -0.1) is 0 Å². The van der Waals surface area contributed by atoms with Crippen LogP contribution in [0.4, 0.5) is 14.5 Å². The molecule has 0 aliphatic heterocycles. The molecule has 20 heavy (non-hydrogen) atoms. The van der Waals surface area contributed by atoms with Gasteiger partial charge in [-0.3, -0.25) is 0 Å². The highest BCUT2D eigenvalue weighted by atomic mass is 19.1. The molecule has 0 spiro atoms. The van der Waals surface area contributed by atoms with Crippen molar-refractivity contribution in [2.45, 2.75) is 0 Å². The fourth-order valence-electron chi connectivity index (χ4n) is 1.78. The molecule has 0 bridgehead atoms. The normalized spacial score (nSPS) is 10.7. The number of halogens is 2. The summed E-state index contributed by atoms with van der Waals surface area (Å²) in [5.74, 6) is -1.45. The number of nitrogen functional groups attached to an aromatic ring is 1. The zero-order chi connectivity index (χ0) is 14.1. The summed E-state index contributed by atoms with van der Waals surface area (Å²) >= 11 is 0. The minimum atomic E-state index is -0.741. The summed E-state index contributed by atoms with van der Waals surface area (Å²) < 4.78 is 32.3. The average molecular weight is 273 g/mol. The van der Waals surface area contributed by atoms with Crippen LogP contribution in [0.3, 0.4) is 0 Å². The number of nitrogens with zero attached hydrogens (tertiary/aromatic N) is 2. The van der Waals surface area contributed by atoms with Crippen LogP contribution in [0.1, 0.15) is 0 Å². The van der Waals surface area contributed by atoms with E-state index in [1.807, 2.05) is 0 Å². The van der Waals surface area contributed by atoms with Crippen molar-refractivity contribution < 1.29 is 13.3 Å². The van der Waals surface area contributed by atoms with E-state index >= 15 is 0 Å². The Morgan fingerprint density at radius 2 is 1.60 bits per heavy atom. The number of aromatic nitrogens is 2. The van der Waals surface area contributed by atoms with E-state index in [0.717, 1.165) is 12.1 Å². The molecule has 6 heteroatoms. The van der Waals surface area contributed by atoms with Gasteiger partial charge in [-0.2, -0.15) is 4.98 Å². The molecule has 0 radical (unpaired) electrons. The number of hydrogen-bond acceptors (Lipinski definition) is 4. The molecule has 0 saturated heterocycles. The molecule has 2 aromatic carbocycles.